The molecule has 108 valence electrons. The fraction of sp³-hybridized carbons (Fsp3) is 0.375. The smallest absolute Gasteiger partial charge is 0.118 e. The van der Waals surface area contributed by atoms with E-state index in [9.17, 15) is 5.11 Å². The van der Waals surface area contributed by atoms with E-state index in [0.29, 0.717) is 0 Å². The molecule has 0 saturated carbocycles. The lowest BCUT2D eigenvalue weighted by Crippen LogP contribution is -2.26. The number of benzene rings is 1. The maximum atomic E-state index is 9.69. The first-order valence-corrected chi connectivity index (χ1v) is 7.46. The summed E-state index contributed by atoms with van der Waals surface area (Å²) >= 11 is 1.80. The van der Waals surface area contributed by atoms with Crippen molar-refractivity contribution >= 4 is 11.3 Å². The number of aliphatic hydroxyl groups is 1. The Morgan fingerprint density at radius 1 is 1.20 bits per heavy atom. The van der Waals surface area contributed by atoms with Crippen molar-refractivity contribution in [3.63, 3.8) is 0 Å². The van der Waals surface area contributed by atoms with Crippen LogP contribution in [-0.2, 0) is 6.54 Å². The molecule has 20 heavy (non-hydrogen) atoms. The standard InChI is InChI=1S/C16H21NO2S/c1-12-4-9-15(20-12)10-17(2)16(11-18)13-5-7-14(19-3)8-6-13/h4-9,16,18H,10-11H2,1-3H3. The number of rotatable bonds is 6. The Morgan fingerprint density at radius 2 is 1.90 bits per heavy atom. The van der Waals surface area contributed by atoms with Crippen molar-refractivity contribution in [1.29, 1.82) is 0 Å². The minimum absolute atomic E-state index is 0.00307. The van der Waals surface area contributed by atoms with E-state index in [4.69, 9.17) is 4.74 Å². The second kappa shape index (κ2) is 6.88. The summed E-state index contributed by atoms with van der Waals surface area (Å²) < 4.78 is 5.17. The van der Waals surface area contributed by atoms with E-state index < -0.39 is 0 Å². The van der Waals surface area contributed by atoms with Crippen LogP contribution in [0.5, 0.6) is 5.75 Å². The summed E-state index contributed by atoms with van der Waals surface area (Å²) in [6.07, 6.45) is 0. The van der Waals surface area contributed by atoms with Crippen LogP contribution >= 0.6 is 11.3 Å². The Labute approximate surface area is 124 Å². The Kier molecular flexibility index (Phi) is 5.17. The Hall–Kier alpha value is -1.36. The third-order valence-electron chi connectivity index (χ3n) is 3.41. The molecule has 3 nitrogen and oxygen atoms in total. The van der Waals surface area contributed by atoms with Crippen molar-refractivity contribution in [3.8, 4) is 5.75 Å². The average molecular weight is 291 g/mol. The van der Waals surface area contributed by atoms with Crippen molar-refractivity contribution in [2.75, 3.05) is 20.8 Å². The molecule has 0 fully saturated rings. The van der Waals surface area contributed by atoms with Crippen LogP contribution in [0.15, 0.2) is 36.4 Å². The van der Waals surface area contributed by atoms with Gasteiger partial charge < -0.3 is 9.84 Å². The molecular weight excluding hydrogens is 270 g/mol. The van der Waals surface area contributed by atoms with Gasteiger partial charge in [0.05, 0.1) is 19.8 Å². The van der Waals surface area contributed by atoms with Crippen LogP contribution in [-0.4, -0.2) is 30.8 Å². The van der Waals surface area contributed by atoms with Crippen molar-refractivity contribution in [2.45, 2.75) is 19.5 Å². The molecule has 0 aliphatic heterocycles. The van der Waals surface area contributed by atoms with E-state index in [1.165, 1.54) is 9.75 Å². The van der Waals surface area contributed by atoms with Crippen LogP contribution in [0, 0.1) is 6.92 Å². The lowest BCUT2D eigenvalue weighted by molar-refractivity contribution is 0.143. The number of ether oxygens (including phenoxy) is 1. The average Bonchev–Trinajstić information content (AvgIpc) is 2.85. The molecule has 2 aromatic rings. The number of methoxy groups -OCH3 is 1. The maximum Gasteiger partial charge on any atom is 0.118 e. The van der Waals surface area contributed by atoms with Crippen molar-refractivity contribution in [2.24, 2.45) is 0 Å². The van der Waals surface area contributed by atoms with Gasteiger partial charge in [-0.05, 0) is 43.8 Å². The Morgan fingerprint density at radius 3 is 2.40 bits per heavy atom. The van der Waals surface area contributed by atoms with E-state index in [0.717, 1.165) is 17.9 Å². The predicted octanol–water partition coefficient (Wildman–Crippen LogP) is 3.23. The third kappa shape index (κ3) is 3.60. The highest BCUT2D eigenvalue weighted by Gasteiger charge is 2.17. The molecule has 1 aromatic carbocycles. The summed E-state index contributed by atoms with van der Waals surface area (Å²) in [6.45, 7) is 3.06. The van der Waals surface area contributed by atoms with Crippen LogP contribution in [0.3, 0.4) is 0 Å². The highest BCUT2D eigenvalue weighted by molar-refractivity contribution is 7.11. The van der Waals surface area contributed by atoms with Crippen LogP contribution in [0.2, 0.25) is 0 Å². The summed E-state index contributed by atoms with van der Waals surface area (Å²) in [7, 11) is 3.70. The zero-order chi connectivity index (χ0) is 14.5. The first-order chi connectivity index (χ1) is 9.63. The fourth-order valence-electron chi connectivity index (χ4n) is 2.25. The number of likely N-dealkylation sites (N-methyl/N-ethyl adjacent to an activating group) is 1. The molecule has 0 amide bonds. The first-order valence-electron chi connectivity index (χ1n) is 6.64. The van der Waals surface area contributed by atoms with Crippen LogP contribution in [0.4, 0.5) is 0 Å². The minimum atomic E-state index is 0.00307. The van der Waals surface area contributed by atoms with Gasteiger partial charge in [-0.3, -0.25) is 4.90 Å². The highest BCUT2D eigenvalue weighted by Crippen LogP contribution is 2.25. The molecule has 0 aliphatic rings. The van der Waals surface area contributed by atoms with Crippen molar-refractivity contribution in [3.05, 3.63) is 51.7 Å². The molecule has 0 saturated heterocycles. The molecule has 0 bridgehead atoms. The molecule has 1 N–H and O–H groups in total. The summed E-state index contributed by atoms with van der Waals surface area (Å²) in [5, 5.41) is 9.69. The number of aryl methyl sites for hydroxylation is 1. The van der Waals surface area contributed by atoms with Gasteiger partial charge in [-0.15, -0.1) is 11.3 Å². The van der Waals surface area contributed by atoms with Crippen molar-refractivity contribution < 1.29 is 9.84 Å². The molecular formula is C16H21NO2S. The minimum Gasteiger partial charge on any atom is -0.497 e. The van der Waals surface area contributed by atoms with Crippen LogP contribution in [0.25, 0.3) is 0 Å². The summed E-state index contributed by atoms with van der Waals surface area (Å²) in [4.78, 5) is 4.81. The monoisotopic (exact) mass is 291 g/mol. The quantitative estimate of drug-likeness (QED) is 0.887. The zero-order valence-corrected chi connectivity index (χ0v) is 13.0. The van der Waals surface area contributed by atoms with Gasteiger partial charge in [0.25, 0.3) is 0 Å². The summed E-state index contributed by atoms with van der Waals surface area (Å²) in [6, 6.07) is 12.2. The Bertz CT molecular complexity index is 536. The number of thiophene rings is 1. The molecule has 1 aromatic heterocycles. The van der Waals surface area contributed by atoms with Gasteiger partial charge >= 0.3 is 0 Å². The fourth-order valence-corrected chi connectivity index (χ4v) is 3.21. The van der Waals surface area contributed by atoms with Crippen LogP contribution in [0.1, 0.15) is 21.4 Å². The van der Waals surface area contributed by atoms with E-state index in [2.05, 4.69) is 24.0 Å². The van der Waals surface area contributed by atoms with Gasteiger partial charge in [0.15, 0.2) is 0 Å². The zero-order valence-electron chi connectivity index (χ0n) is 12.2. The molecule has 0 aliphatic carbocycles. The van der Waals surface area contributed by atoms with Gasteiger partial charge in [-0.1, -0.05) is 12.1 Å². The molecule has 1 unspecified atom stereocenters. The molecule has 2 rings (SSSR count). The molecule has 4 heteroatoms. The number of hydrogen-bond acceptors (Lipinski definition) is 4. The van der Waals surface area contributed by atoms with E-state index in [1.54, 1.807) is 18.4 Å². The largest absolute Gasteiger partial charge is 0.497 e. The second-order valence-corrected chi connectivity index (χ2v) is 6.27. The third-order valence-corrected chi connectivity index (χ3v) is 4.39. The molecule has 0 spiro atoms. The highest BCUT2D eigenvalue weighted by atomic mass is 32.1. The molecule has 1 heterocycles. The maximum absolute atomic E-state index is 9.69. The summed E-state index contributed by atoms with van der Waals surface area (Å²) in [5.41, 5.74) is 1.10. The normalized spacial score (nSPS) is 12.7. The van der Waals surface area contributed by atoms with Gasteiger partial charge in [0.1, 0.15) is 5.75 Å². The SMILES string of the molecule is COc1ccc(C(CO)N(C)Cc2ccc(C)s2)cc1. The van der Waals surface area contributed by atoms with Gasteiger partial charge in [0.2, 0.25) is 0 Å². The van der Waals surface area contributed by atoms with Gasteiger partial charge in [-0.2, -0.15) is 0 Å². The lowest BCUT2D eigenvalue weighted by Gasteiger charge is -2.26. The van der Waals surface area contributed by atoms with Gasteiger partial charge in [0, 0.05) is 16.3 Å². The van der Waals surface area contributed by atoms with Crippen molar-refractivity contribution in [1.82, 2.24) is 4.90 Å². The number of hydrogen-bond donors (Lipinski definition) is 1. The summed E-state index contributed by atoms with van der Waals surface area (Å²) in [5.74, 6) is 0.835. The number of aliphatic hydroxyl groups excluding tert-OH is 1. The molecule has 1 atom stereocenters. The topological polar surface area (TPSA) is 32.7 Å². The lowest BCUT2D eigenvalue weighted by atomic mass is 10.1. The van der Waals surface area contributed by atoms with E-state index in [-0.39, 0.29) is 12.6 Å². The van der Waals surface area contributed by atoms with E-state index in [1.807, 2.05) is 31.3 Å². The first kappa shape index (κ1) is 15.0. The molecule has 0 radical (unpaired) electrons. The number of nitrogens with zero attached hydrogens (tertiary/aromatic N) is 1. The van der Waals surface area contributed by atoms with Crippen LogP contribution < -0.4 is 4.74 Å². The van der Waals surface area contributed by atoms with Gasteiger partial charge in [-0.25, -0.2) is 0 Å². The predicted molar refractivity (Wildman–Crippen MR) is 83.3 cm³/mol. The second-order valence-electron chi connectivity index (χ2n) is 4.90. The van der Waals surface area contributed by atoms with E-state index >= 15 is 0 Å². The Balaban J connectivity index is 2.09.